The molecule has 2 amide bonds. The number of hydrazine groups is 1. The van der Waals surface area contributed by atoms with Gasteiger partial charge in [0, 0.05) is 11.6 Å². The minimum atomic E-state index is -0.536. The molecule has 2 N–H and O–H groups in total. The highest BCUT2D eigenvalue weighted by Gasteiger charge is 2.05. The van der Waals surface area contributed by atoms with Crippen LogP contribution in [0.1, 0.15) is 21.9 Å². The van der Waals surface area contributed by atoms with E-state index < -0.39 is 17.6 Å². The van der Waals surface area contributed by atoms with E-state index in [1.807, 2.05) is 0 Å². The van der Waals surface area contributed by atoms with Crippen LogP contribution in [0.15, 0.2) is 46.9 Å². The number of furan rings is 1. The van der Waals surface area contributed by atoms with Crippen molar-refractivity contribution in [3.63, 3.8) is 0 Å². The number of rotatable bonds is 3. The molecular weight excluding hydrogens is 275 g/mol. The summed E-state index contributed by atoms with van der Waals surface area (Å²) < 4.78 is 18.0. The molecule has 0 bridgehead atoms. The molecule has 0 unspecified atom stereocenters. The van der Waals surface area contributed by atoms with Crippen LogP contribution in [0.4, 0.5) is 4.39 Å². The van der Waals surface area contributed by atoms with Crippen LogP contribution >= 0.6 is 0 Å². The highest BCUT2D eigenvalue weighted by molar-refractivity contribution is 5.97. The molecule has 108 valence electrons. The van der Waals surface area contributed by atoms with E-state index >= 15 is 0 Å². The van der Waals surface area contributed by atoms with Gasteiger partial charge in [-0.3, -0.25) is 20.4 Å². The molecule has 0 aliphatic rings. The van der Waals surface area contributed by atoms with Gasteiger partial charge in [-0.1, -0.05) is 0 Å². The number of nitrogens with one attached hydrogen (secondary N) is 2. The average molecular weight is 288 g/mol. The smallest absolute Gasteiger partial charge is 0.269 e. The van der Waals surface area contributed by atoms with Crippen LogP contribution in [0.2, 0.25) is 0 Å². The second kappa shape index (κ2) is 6.51. The lowest BCUT2D eigenvalue weighted by molar-refractivity contribution is -0.117. The zero-order valence-corrected chi connectivity index (χ0v) is 11.2. The van der Waals surface area contributed by atoms with E-state index in [0.29, 0.717) is 5.76 Å². The first-order valence-electron chi connectivity index (χ1n) is 6.15. The van der Waals surface area contributed by atoms with Crippen LogP contribution in [-0.4, -0.2) is 11.8 Å². The predicted molar refractivity (Wildman–Crippen MR) is 74.5 cm³/mol. The number of benzene rings is 1. The van der Waals surface area contributed by atoms with Gasteiger partial charge in [0.1, 0.15) is 17.3 Å². The summed E-state index contributed by atoms with van der Waals surface area (Å²) in [5.41, 5.74) is 4.67. The molecule has 2 aromatic rings. The number of hydrogen-bond donors (Lipinski definition) is 2. The van der Waals surface area contributed by atoms with E-state index in [1.54, 1.807) is 19.1 Å². The molecule has 0 aliphatic carbocycles. The second-order valence-electron chi connectivity index (χ2n) is 4.23. The van der Waals surface area contributed by atoms with Gasteiger partial charge in [0.2, 0.25) is 0 Å². The maximum Gasteiger partial charge on any atom is 0.269 e. The predicted octanol–water partition coefficient (Wildman–Crippen LogP) is 2.20. The van der Waals surface area contributed by atoms with Gasteiger partial charge in [-0.25, -0.2) is 4.39 Å². The zero-order chi connectivity index (χ0) is 15.2. The highest BCUT2D eigenvalue weighted by atomic mass is 19.1. The zero-order valence-electron chi connectivity index (χ0n) is 11.2. The van der Waals surface area contributed by atoms with Crippen LogP contribution in [0.5, 0.6) is 0 Å². The summed E-state index contributed by atoms with van der Waals surface area (Å²) in [7, 11) is 0. The van der Waals surface area contributed by atoms with Crippen molar-refractivity contribution < 1.29 is 18.4 Å². The third kappa shape index (κ3) is 4.31. The molecule has 21 heavy (non-hydrogen) atoms. The first-order valence-corrected chi connectivity index (χ1v) is 6.15. The minimum absolute atomic E-state index is 0.238. The Bertz CT molecular complexity index is 674. The molecule has 0 saturated carbocycles. The van der Waals surface area contributed by atoms with Gasteiger partial charge in [0.15, 0.2) is 0 Å². The van der Waals surface area contributed by atoms with Crippen LogP contribution in [0.25, 0.3) is 6.08 Å². The molecule has 0 atom stereocenters. The molecule has 1 aromatic carbocycles. The van der Waals surface area contributed by atoms with Crippen molar-refractivity contribution in [2.75, 3.05) is 0 Å². The summed E-state index contributed by atoms with van der Waals surface area (Å²) >= 11 is 0. The quantitative estimate of drug-likeness (QED) is 0.672. The van der Waals surface area contributed by atoms with Crippen molar-refractivity contribution in [1.82, 2.24) is 10.9 Å². The maximum absolute atomic E-state index is 12.7. The molecule has 0 spiro atoms. The van der Waals surface area contributed by atoms with E-state index in [1.165, 1.54) is 24.3 Å². The Kier molecular flexibility index (Phi) is 4.50. The fourth-order valence-corrected chi connectivity index (χ4v) is 1.53. The normalized spacial score (nSPS) is 10.6. The fraction of sp³-hybridized carbons (Fsp3) is 0.0667. The molecule has 0 fully saturated rings. The van der Waals surface area contributed by atoms with Crippen molar-refractivity contribution in [2.24, 2.45) is 0 Å². The van der Waals surface area contributed by atoms with Gasteiger partial charge in [-0.15, -0.1) is 0 Å². The Morgan fingerprint density at radius 1 is 1.10 bits per heavy atom. The van der Waals surface area contributed by atoms with E-state index in [4.69, 9.17) is 4.42 Å². The Balaban J connectivity index is 1.85. The number of carbonyl (C=O) groups is 2. The third-order valence-corrected chi connectivity index (χ3v) is 2.57. The number of hydrogen-bond acceptors (Lipinski definition) is 3. The molecule has 5 nitrogen and oxygen atoms in total. The lowest BCUT2D eigenvalue weighted by Crippen LogP contribution is -2.40. The Hall–Kier alpha value is -2.89. The highest BCUT2D eigenvalue weighted by Crippen LogP contribution is 2.07. The van der Waals surface area contributed by atoms with E-state index in [2.05, 4.69) is 10.9 Å². The first-order chi connectivity index (χ1) is 10.0. The molecule has 1 aromatic heterocycles. The summed E-state index contributed by atoms with van der Waals surface area (Å²) in [6.45, 7) is 1.79. The van der Waals surface area contributed by atoms with Crippen molar-refractivity contribution in [3.05, 3.63) is 65.4 Å². The van der Waals surface area contributed by atoms with E-state index in [-0.39, 0.29) is 5.56 Å². The summed E-state index contributed by atoms with van der Waals surface area (Å²) in [6, 6.07) is 8.45. The number of carbonyl (C=O) groups excluding carboxylic acids is 2. The van der Waals surface area contributed by atoms with Gasteiger partial charge in [-0.2, -0.15) is 0 Å². The molecule has 0 saturated heterocycles. The van der Waals surface area contributed by atoms with Crippen LogP contribution in [0, 0.1) is 12.7 Å². The first kappa shape index (κ1) is 14.5. The largest absolute Gasteiger partial charge is 0.462 e. The second-order valence-corrected chi connectivity index (χ2v) is 4.23. The van der Waals surface area contributed by atoms with Crippen molar-refractivity contribution in [3.8, 4) is 0 Å². The lowest BCUT2D eigenvalue weighted by Gasteiger charge is -2.04. The Labute approximate surface area is 120 Å². The van der Waals surface area contributed by atoms with Crippen molar-refractivity contribution in [1.29, 1.82) is 0 Å². The molecule has 0 aliphatic heterocycles. The summed E-state index contributed by atoms with van der Waals surface area (Å²) in [5, 5.41) is 0. The molecule has 2 rings (SSSR count). The van der Waals surface area contributed by atoms with Crippen molar-refractivity contribution >= 4 is 17.9 Å². The maximum atomic E-state index is 12.7. The van der Waals surface area contributed by atoms with Gasteiger partial charge < -0.3 is 4.42 Å². The van der Waals surface area contributed by atoms with Crippen LogP contribution in [-0.2, 0) is 4.79 Å². The number of aryl methyl sites for hydroxylation is 1. The standard InChI is InChI=1S/C15H13FN2O3/c1-10-2-7-13(21-10)8-9-14(19)17-18-15(20)11-3-5-12(16)6-4-11/h2-9H,1H3,(H,17,19)(H,18,20)/b9-8+. The lowest BCUT2D eigenvalue weighted by atomic mass is 10.2. The monoisotopic (exact) mass is 288 g/mol. The van der Waals surface area contributed by atoms with Gasteiger partial charge in [-0.05, 0) is 49.4 Å². The number of amides is 2. The van der Waals surface area contributed by atoms with Crippen molar-refractivity contribution in [2.45, 2.75) is 6.92 Å². The van der Waals surface area contributed by atoms with Gasteiger partial charge in [0.05, 0.1) is 0 Å². The summed E-state index contributed by atoms with van der Waals surface area (Å²) in [5.74, 6) is -0.218. The molecular formula is C15H13FN2O3. The topological polar surface area (TPSA) is 71.3 Å². The minimum Gasteiger partial charge on any atom is -0.462 e. The van der Waals surface area contributed by atoms with Crippen LogP contribution < -0.4 is 10.9 Å². The molecule has 1 heterocycles. The van der Waals surface area contributed by atoms with Gasteiger partial charge >= 0.3 is 0 Å². The van der Waals surface area contributed by atoms with E-state index in [0.717, 1.165) is 17.9 Å². The summed E-state index contributed by atoms with van der Waals surface area (Å²) in [4.78, 5) is 23.1. The summed E-state index contributed by atoms with van der Waals surface area (Å²) in [6.07, 6.45) is 2.70. The molecule has 6 heteroatoms. The fourth-order valence-electron chi connectivity index (χ4n) is 1.53. The molecule has 0 radical (unpaired) electrons. The Morgan fingerprint density at radius 2 is 1.81 bits per heavy atom. The third-order valence-electron chi connectivity index (χ3n) is 2.57. The van der Waals surface area contributed by atoms with E-state index in [9.17, 15) is 14.0 Å². The Morgan fingerprint density at radius 3 is 2.43 bits per heavy atom. The SMILES string of the molecule is Cc1ccc(/C=C/C(=O)NNC(=O)c2ccc(F)cc2)o1. The number of halogens is 1. The van der Waals surface area contributed by atoms with Gasteiger partial charge in [0.25, 0.3) is 11.8 Å². The van der Waals surface area contributed by atoms with Crippen LogP contribution in [0.3, 0.4) is 0 Å². The average Bonchev–Trinajstić information content (AvgIpc) is 2.89.